The van der Waals surface area contributed by atoms with E-state index in [-0.39, 0.29) is 29.3 Å². The molecular formula is C18H19F3N4O4. The van der Waals surface area contributed by atoms with E-state index in [9.17, 15) is 23.1 Å². The SMILES string of the molecule is CO/N=C(/C(=O)O)c1cccc(C)c1CO/N=C(\C)c1cc(C(F)(F)F)nn1C. The molecule has 1 N–H and O–H groups in total. The first kappa shape index (κ1) is 21.9. The smallest absolute Gasteiger partial charge is 0.435 e. The van der Waals surface area contributed by atoms with Crippen LogP contribution in [0.4, 0.5) is 13.2 Å². The zero-order valence-corrected chi connectivity index (χ0v) is 16.1. The summed E-state index contributed by atoms with van der Waals surface area (Å²) in [4.78, 5) is 21.3. The number of hydrogen-bond acceptors (Lipinski definition) is 6. The van der Waals surface area contributed by atoms with Crippen molar-refractivity contribution in [2.45, 2.75) is 26.6 Å². The molecular weight excluding hydrogens is 393 g/mol. The van der Waals surface area contributed by atoms with Crippen LogP contribution in [0.3, 0.4) is 0 Å². The van der Waals surface area contributed by atoms with Crippen molar-refractivity contribution in [1.82, 2.24) is 9.78 Å². The molecule has 11 heteroatoms. The fourth-order valence-corrected chi connectivity index (χ4v) is 2.60. The number of aryl methyl sites for hydroxylation is 2. The quantitative estimate of drug-likeness (QED) is 0.557. The summed E-state index contributed by atoms with van der Waals surface area (Å²) in [6, 6.07) is 5.83. The number of hydrogen-bond donors (Lipinski definition) is 1. The molecule has 0 saturated carbocycles. The summed E-state index contributed by atoms with van der Waals surface area (Å²) in [6.45, 7) is 3.10. The molecule has 8 nitrogen and oxygen atoms in total. The maximum atomic E-state index is 12.8. The third-order valence-electron chi connectivity index (χ3n) is 4.00. The van der Waals surface area contributed by atoms with E-state index >= 15 is 0 Å². The van der Waals surface area contributed by atoms with Gasteiger partial charge in [-0.05, 0) is 25.5 Å². The Bertz CT molecular complexity index is 965. The summed E-state index contributed by atoms with van der Waals surface area (Å²) in [5.41, 5.74) is 0.476. The number of aromatic nitrogens is 2. The summed E-state index contributed by atoms with van der Waals surface area (Å²) in [6.07, 6.45) is -4.57. The second-order valence-corrected chi connectivity index (χ2v) is 6.01. The van der Waals surface area contributed by atoms with Crippen molar-refractivity contribution < 1.29 is 32.7 Å². The Morgan fingerprint density at radius 3 is 2.55 bits per heavy atom. The fraction of sp³-hybridized carbons (Fsp3) is 0.333. The monoisotopic (exact) mass is 412 g/mol. The number of alkyl halides is 3. The fourth-order valence-electron chi connectivity index (χ4n) is 2.60. The van der Waals surface area contributed by atoms with E-state index in [0.717, 1.165) is 16.3 Å². The number of benzene rings is 1. The minimum Gasteiger partial charge on any atom is -0.476 e. The van der Waals surface area contributed by atoms with Gasteiger partial charge in [-0.25, -0.2) is 4.79 Å². The average Bonchev–Trinajstić information content (AvgIpc) is 3.03. The van der Waals surface area contributed by atoms with Gasteiger partial charge in [0, 0.05) is 18.2 Å². The zero-order valence-electron chi connectivity index (χ0n) is 16.1. The third-order valence-corrected chi connectivity index (χ3v) is 4.00. The first-order valence-electron chi connectivity index (χ1n) is 8.27. The van der Waals surface area contributed by atoms with E-state index in [1.165, 1.54) is 21.1 Å². The topological polar surface area (TPSA) is 98.3 Å². The van der Waals surface area contributed by atoms with E-state index < -0.39 is 17.8 Å². The number of halogens is 3. The summed E-state index contributed by atoms with van der Waals surface area (Å²) in [7, 11) is 2.59. The van der Waals surface area contributed by atoms with Gasteiger partial charge in [0.15, 0.2) is 11.4 Å². The third kappa shape index (κ3) is 5.12. The van der Waals surface area contributed by atoms with Gasteiger partial charge in [-0.2, -0.15) is 18.3 Å². The number of carbonyl (C=O) groups is 1. The maximum Gasteiger partial charge on any atom is 0.435 e. The molecule has 1 aromatic heterocycles. The lowest BCUT2D eigenvalue weighted by molar-refractivity contribution is -0.141. The van der Waals surface area contributed by atoms with Crippen LogP contribution < -0.4 is 0 Å². The number of carboxylic acid groups (broad SMARTS) is 1. The predicted octanol–water partition coefficient (Wildman–Crippen LogP) is 3.12. The Morgan fingerprint density at radius 2 is 2.00 bits per heavy atom. The van der Waals surface area contributed by atoms with Crippen molar-refractivity contribution in [1.29, 1.82) is 0 Å². The molecule has 2 aromatic rings. The Kier molecular flexibility index (Phi) is 6.62. The Morgan fingerprint density at radius 1 is 1.31 bits per heavy atom. The van der Waals surface area contributed by atoms with E-state index in [1.807, 2.05) is 0 Å². The highest BCUT2D eigenvalue weighted by Gasteiger charge is 2.34. The number of rotatable bonds is 7. The average molecular weight is 412 g/mol. The molecule has 0 aliphatic carbocycles. The van der Waals surface area contributed by atoms with Gasteiger partial charge in [0.25, 0.3) is 0 Å². The molecule has 0 unspecified atom stereocenters. The van der Waals surface area contributed by atoms with Crippen LogP contribution in [0.2, 0.25) is 0 Å². The molecule has 0 atom stereocenters. The molecule has 29 heavy (non-hydrogen) atoms. The van der Waals surface area contributed by atoms with E-state index in [2.05, 4.69) is 20.2 Å². The molecule has 0 amide bonds. The summed E-state index contributed by atoms with van der Waals surface area (Å²) >= 11 is 0. The number of carboxylic acids is 1. The van der Waals surface area contributed by atoms with Crippen molar-refractivity contribution >= 4 is 17.4 Å². The molecule has 0 aliphatic rings. The van der Waals surface area contributed by atoms with Gasteiger partial charge in [-0.1, -0.05) is 28.5 Å². The highest BCUT2D eigenvalue weighted by molar-refractivity contribution is 6.42. The van der Waals surface area contributed by atoms with E-state index in [1.54, 1.807) is 25.1 Å². The molecule has 1 heterocycles. The summed E-state index contributed by atoms with van der Waals surface area (Å²) < 4.78 is 39.4. The second-order valence-electron chi connectivity index (χ2n) is 6.01. The van der Waals surface area contributed by atoms with E-state index in [0.29, 0.717) is 5.56 Å². The van der Waals surface area contributed by atoms with E-state index in [4.69, 9.17) is 4.84 Å². The van der Waals surface area contributed by atoms with Gasteiger partial charge in [0.1, 0.15) is 19.4 Å². The Hall–Kier alpha value is -3.37. The van der Waals surface area contributed by atoms with Gasteiger partial charge in [-0.3, -0.25) is 4.68 Å². The maximum absolute atomic E-state index is 12.8. The lowest BCUT2D eigenvalue weighted by Gasteiger charge is -2.11. The van der Waals surface area contributed by atoms with Gasteiger partial charge in [-0.15, -0.1) is 0 Å². The second kappa shape index (κ2) is 8.76. The van der Waals surface area contributed by atoms with Crippen molar-refractivity contribution in [2.24, 2.45) is 17.4 Å². The van der Waals surface area contributed by atoms with Crippen LogP contribution in [0, 0.1) is 6.92 Å². The van der Waals surface area contributed by atoms with Crippen LogP contribution >= 0.6 is 0 Å². The largest absolute Gasteiger partial charge is 0.476 e. The van der Waals surface area contributed by atoms with Gasteiger partial charge in [0.2, 0.25) is 0 Å². The molecule has 0 radical (unpaired) electrons. The van der Waals surface area contributed by atoms with Gasteiger partial charge in [0.05, 0.1) is 5.69 Å². The van der Waals surface area contributed by atoms with Crippen molar-refractivity contribution in [3.63, 3.8) is 0 Å². The Labute approximate surface area is 164 Å². The molecule has 0 fully saturated rings. The molecule has 0 spiro atoms. The van der Waals surface area contributed by atoms with Crippen LogP contribution in [-0.2, 0) is 34.3 Å². The predicted molar refractivity (Wildman–Crippen MR) is 97.6 cm³/mol. The van der Waals surface area contributed by atoms with Crippen molar-refractivity contribution in [3.05, 3.63) is 52.3 Å². The van der Waals surface area contributed by atoms with Crippen LogP contribution in [0.15, 0.2) is 34.6 Å². The number of oxime groups is 2. The lowest BCUT2D eigenvalue weighted by atomic mass is 9.99. The molecule has 0 saturated heterocycles. The van der Waals surface area contributed by atoms with Crippen molar-refractivity contribution in [2.75, 3.05) is 7.11 Å². The number of nitrogens with zero attached hydrogens (tertiary/aromatic N) is 4. The lowest BCUT2D eigenvalue weighted by Crippen LogP contribution is -2.18. The van der Waals surface area contributed by atoms with Crippen LogP contribution in [0.25, 0.3) is 0 Å². The highest BCUT2D eigenvalue weighted by Crippen LogP contribution is 2.28. The molecule has 1 aromatic carbocycles. The first-order valence-corrected chi connectivity index (χ1v) is 8.27. The first-order chi connectivity index (χ1) is 13.6. The number of aliphatic carboxylic acids is 1. The molecule has 0 aliphatic heterocycles. The molecule has 2 rings (SSSR count). The van der Waals surface area contributed by atoms with Crippen LogP contribution in [0.1, 0.15) is 35.0 Å². The highest BCUT2D eigenvalue weighted by atomic mass is 19.4. The zero-order chi connectivity index (χ0) is 21.8. The van der Waals surface area contributed by atoms with Crippen LogP contribution in [-0.4, -0.2) is 39.4 Å². The molecule has 0 bridgehead atoms. The van der Waals surface area contributed by atoms with Gasteiger partial charge < -0.3 is 14.8 Å². The Balaban J connectivity index is 2.28. The summed E-state index contributed by atoms with van der Waals surface area (Å²) in [5, 5.41) is 20.2. The minimum atomic E-state index is -4.57. The van der Waals surface area contributed by atoms with Gasteiger partial charge >= 0.3 is 12.1 Å². The summed E-state index contributed by atoms with van der Waals surface area (Å²) in [5.74, 6) is -1.28. The van der Waals surface area contributed by atoms with Crippen LogP contribution in [0.5, 0.6) is 0 Å². The van der Waals surface area contributed by atoms with Crippen molar-refractivity contribution in [3.8, 4) is 0 Å². The molecule has 156 valence electrons. The normalized spacial score (nSPS) is 12.8. The standard InChI is InChI=1S/C18H19F3N4O4/c1-10-6-5-7-12(16(17(26)27)24-28-4)13(10)9-29-23-11(2)14-8-15(18(19,20)21)22-25(14)3/h5-8H,9H2,1-4H3,(H,26,27)/b23-11+,24-16+. The minimum absolute atomic E-state index is 0.126.